The van der Waals surface area contributed by atoms with Crippen LogP contribution in [-0.2, 0) is 4.57 Å². The largest absolute Gasteiger partial charge is 0.418 e. The highest BCUT2D eigenvalue weighted by Gasteiger charge is 2.37. The molecule has 0 atom stereocenters. The van der Waals surface area contributed by atoms with E-state index in [4.69, 9.17) is 0 Å². The predicted molar refractivity (Wildman–Crippen MR) is 109 cm³/mol. The van der Waals surface area contributed by atoms with E-state index < -0.39 is 18.9 Å². The molecule has 0 bridgehead atoms. The topological polar surface area (TPSA) is 41.5 Å². The second-order valence-electron chi connectivity index (χ2n) is 6.14. The molecule has 0 saturated heterocycles. The Morgan fingerprint density at radius 1 is 1.22 bits per heavy atom. The van der Waals surface area contributed by atoms with E-state index in [0.29, 0.717) is 11.3 Å². The smallest absolute Gasteiger partial charge is 0.341 e. The number of anilines is 1. The minimum absolute atomic E-state index is 0.0729. The Morgan fingerprint density at radius 2 is 1.85 bits per heavy atom. The van der Waals surface area contributed by atoms with Crippen molar-refractivity contribution in [1.82, 2.24) is 0 Å². The van der Waals surface area contributed by atoms with Crippen molar-refractivity contribution in [3.05, 3.63) is 70.7 Å². The van der Waals surface area contributed by atoms with E-state index in [1.54, 1.807) is 54.4 Å². The normalized spacial score (nSPS) is 13.6. The summed E-state index contributed by atoms with van der Waals surface area (Å²) in [4.78, 5) is 4.10. The van der Waals surface area contributed by atoms with Gasteiger partial charge in [-0.05, 0) is 56.0 Å². The molecule has 2 aromatic rings. The molecular formula is C19H20F3N2OPS. The number of thiophene rings is 1. The fourth-order valence-electron chi connectivity index (χ4n) is 2.35. The van der Waals surface area contributed by atoms with Crippen molar-refractivity contribution in [2.45, 2.75) is 13.1 Å². The molecule has 0 aliphatic rings. The van der Waals surface area contributed by atoms with Crippen LogP contribution in [0.3, 0.4) is 0 Å². The third-order valence-electron chi connectivity index (χ3n) is 3.67. The summed E-state index contributed by atoms with van der Waals surface area (Å²) >= 11 is 1.29. The monoisotopic (exact) mass is 412 g/mol. The second kappa shape index (κ2) is 8.28. The third-order valence-corrected chi connectivity index (χ3v) is 5.89. The van der Waals surface area contributed by atoms with Gasteiger partial charge in [-0.3, -0.25) is 0 Å². The molecule has 27 heavy (non-hydrogen) atoms. The standard InChI is InChI=1S/C19H20F3N2OPS/c1-5-17(19(20,21)22)18(14-10-11-27-12-14)24-13(2)23-15-6-8-16(9-7-15)26(3,4)25/h5-12,23H,2H2,1,3-4H3/b17-5+,24-18-. The summed E-state index contributed by atoms with van der Waals surface area (Å²) in [5.41, 5.74) is -0.0367. The van der Waals surface area contributed by atoms with Crippen molar-refractivity contribution in [2.75, 3.05) is 18.6 Å². The summed E-state index contributed by atoms with van der Waals surface area (Å²) in [7, 11) is -2.37. The molecule has 8 heteroatoms. The number of nitrogens with zero attached hydrogens (tertiary/aromatic N) is 1. The first-order valence-electron chi connectivity index (χ1n) is 7.99. The predicted octanol–water partition coefficient (Wildman–Crippen LogP) is 5.88. The van der Waals surface area contributed by atoms with Crippen molar-refractivity contribution < 1.29 is 17.7 Å². The molecule has 0 aliphatic carbocycles. The van der Waals surface area contributed by atoms with Gasteiger partial charge in [-0.25, -0.2) is 4.99 Å². The van der Waals surface area contributed by atoms with Crippen LogP contribution in [0.15, 0.2) is 70.1 Å². The number of rotatable bonds is 6. The molecular weight excluding hydrogens is 392 g/mol. The number of halogens is 3. The number of allylic oxidation sites excluding steroid dienone is 2. The number of aliphatic imine (C=N–C) groups is 1. The second-order valence-corrected chi connectivity index (χ2v) is 10.1. The lowest BCUT2D eigenvalue weighted by Crippen LogP contribution is -2.21. The Labute approximate surface area is 160 Å². The molecule has 0 unspecified atom stereocenters. The summed E-state index contributed by atoms with van der Waals surface area (Å²) in [6.45, 7) is 8.39. The van der Waals surface area contributed by atoms with Crippen LogP contribution < -0.4 is 10.6 Å². The molecule has 0 aliphatic heterocycles. The van der Waals surface area contributed by atoms with E-state index >= 15 is 0 Å². The van der Waals surface area contributed by atoms with Gasteiger partial charge in [-0.15, -0.1) is 0 Å². The summed E-state index contributed by atoms with van der Waals surface area (Å²) in [5.74, 6) is 0.0729. The van der Waals surface area contributed by atoms with Crippen molar-refractivity contribution in [2.24, 2.45) is 4.99 Å². The number of nitrogens with one attached hydrogen (secondary N) is 1. The van der Waals surface area contributed by atoms with Gasteiger partial charge in [0, 0.05) is 21.9 Å². The maximum absolute atomic E-state index is 13.4. The summed E-state index contributed by atoms with van der Waals surface area (Å²) < 4.78 is 52.2. The first-order chi connectivity index (χ1) is 12.5. The van der Waals surface area contributed by atoms with Crippen LogP contribution in [0.4, 0.5) is 18.9 Å². The van der Waals surface area contributed by atoms with Gasteiger partial charge in [0.25, 0.3) is 0 Å². The van der Waals surface area contributed by atoms with Crippen LogP contribution >= 0.6 is 18.5 Å². The Balaban J connectivity index is 2.31. The minimum atomic E-state index is -4.53. The zero-order valence-electron chi connectivity index (χ0n) is 15.2. The molecule has 144 valence electrons. The highest BCUT2D eigenvalue weighted by atomic mass is 32.1. The maximum Gasteiger partial charge on any atom is 0.418 e. The van der Waals surface area contributed by atoms with Gasteiger partial charge in [-0.1, -0.05) is 12.7 Å². The third kappa shape index (κ3) is 5.68. The molecule has 1 aromatic carbocycles. The van der Waals surface area contributed by atoms with Crippen LogP contribution in [0.1, 0.15) is 12.5 Å². The van der Waals surface area contributed by atoms with Gasteiger partial charge < -0.3 is 9.88 Å². The Hall–Kier alpha value is -2.11. The number of hydrogen-bond donors (Lipinski definition) is 1. The minimum Gasteiger partial charge on any atom is -0.341 e. The lowest BCUT2D eigenvalue weighted by molar-refractivity contribution is -0.0861. The van der Waals surface area contributed by atoms with Crippen molar-refractivity contribution in [3.63, 3.8) is 0 Å². The van der Waals surface area contributed by atoms with Crippen molar-refractivity contribution >= 4 is 35.2 Å². The summed E-state index contributed by atoms with van der Waals surface area (Å²) in [6, 6.07) is 8.40. The number of benzene rings is 1. The maximum atomic E-state index is 13.4. The SMILES string of the molecule is C=C(/N=C(\C(=C/C)C(F)(F)F)c1ccsc1)Nc1ccc(P(C)(C)=O)cc1. The number of hydrogen-bond acceptors (Lipinski definition) is 4. The fraction of sp³-hybridized carbons (Fsp3) is 0.211. The van der Waals surface area contributed by atoms with Gasteiger partial charge in [-0.2, -0.15) is 24.5 Å². The van der Waals surface area contributed by atoms with Crippen molar-refractivity contribution in [3.8, 4) is 0 Å². The quantitative estimate of drug-likeness (QED) is 0.476. The van der Waals surface area contributed by atoms with Crippen LogP contribution in [0, 0.1) is 0 Å². The lowest BCUT2D eigenvalue weighted by atomic mass is 10.0. The van der Waals surface area contributed by atoms with Gasteiger partial charge in [0.05, 0.1) is 11.3 Å². The Kier molecular flexibility index (Phi) is 6.50. The van der Waals surface area contributed by atoms with E-state index in [0.717, 1.165) is 11.4 Å². The Morgan fingerprint density at radius 3 is 2.30 bits per heavy atom. The van der Waals surface area contributed by atoms with Crippen LogP contribution in [0.25, 0.3) is 0 Å². The summed E-state index contributed by atoms with van der Waals surface area (Å²) in [5, 5.41) is 6.90. The van der Waals surface area contributed by atoms with Crippen LogP contribution in [0.2, 0.25) is 0 Å². The average molecular weight is 412 g/mol. The molecule has 0 amide bonds. The van der Waals surface area contributed by atoms with Gasteiger partial charge in [0.1, 0.15) is 13.0 Å². The van der Waals surface area contributed by atoms with E-state index in [2.05, 4.69) is 16.9 Å². The molecule has 1 heterocycles. The molecule has 1 aromatic heterocycles. The van der Waals surface area contributed by atoms with Gasteiger partial charge in [0.2, 0.25) is 0 Å². The highest BCUT2D eigenvalue weighted by molar-refractivity contribution is 7.70. The molecule has 0 saturated carbocycles. The summed E-state index contributed by atoms with van der Waals surface area (Å²) in [6.07, 6.45) is -3.53. The zero-order valence-corrected chi connectivity index (χ0v) is 16.9. The molecule has 1 N–H and O–H groups in total. The Bertz CT molecular complexity index is 907. The van der Waals surface area contributed by atoms with Gasteiger partial charge in [0.15, 0.2) is 0 Å². The van der Waals surface area contributed by atoms with Crippen LogP contribution in [-0.4, -0.2) is 25.2 Å². The molecule has 0 fully saturated rings. The molecule has 2 rings (SSSR count). The first kappa shape index (κ1) is 21.2. The lowest BCUT2D eigenvalue weighted by Gasteiger charge is -2.15. The van der Waals surface area contributed by atoms with Crippen LogP contribution in [0.5, 0.6) is 0 Å². The molecule has 0 spiro atoms. The molecule has 3 nitrogen and oxygen atoms in total. The number of alkyl halides is 3. The van der Waals surface area contributed by atoms with E-state index in [-0.39, 0.29) is 11.5 Å². The average Bonchev–Trinajstić information content (AvgIpc) is 3.07. The molecule has 0 radical (unpaired) electrons. The first-order valence-corrected chi connectivity index (χ1v) is 11.5. The van der Waals surface area contributed by atoms with E-state index in [9.17, 15) is 17.7 Å². The highest BCUT2D eigenvalue weighted by Crippen LogP contribution is 2.35. The van der Waals surface area contributed by atoms with Gasteiger partial charge >= 0.3 is 6.18 Å². The van der Waals surface area contributed by atoms with E-state index in [1.165, 1.54) is 18.3 Å². The zero-order chi connectivity index (χ0) is 20.2. The van der Waals surface area contributed by atoms with E-state index in [1.807, 2.05) is 0 Å². The van der Waals surface area contributed by atoms with Crippen molar-refractivity contribution in [1.29, 1.82) is 0 Å². The fourth-order valence-corrected chi connectivity index (χ4v) is 3.86.